The number of carbonyl (C=O) groups excluding carboxylic acids is 3. The molecule has 0 bridgehead atoms. The van der Waals surface area contributed by atoms with Gasteiger partial charge in [-0.05, 0) is 34.9 Å². The van der Waals surface area contributed by atoms with Gasteiger partial charge in [-0.1, -0.05) is 10.6 Å². The molecule has 20 heavy (non-hydrogen) atoms. The second-order valence-electron chi connectivity index (χ2n) is 3.39. The summed E-state index contributed by atoms with van der Waals surface area (Å²) < 4.78 is 3.64. The van der Waals surface area contributed by atoms with Crippen LogP contribution < -0.4 is 11.0 Å². The number of ketones is 3. The lowest BCUT2D eigenvalue weighted by atomic mass is 10.2. The molecule has 1 rings (SSSR count). The van der Waals surface area contributed by atoms with Gasteiger partial charge in [0.2, 0.25) is 0 Å². The van der Waals surface area contributed by atoms with E-state index in [2.05, 4.69) is 20.7 Å². The van der Waals surface area contributed by atoms with Crippen LogP contribution in [0.15, 0.2) is 57.8 Å². The summed E-state index contributed by atoms with van der Waals surface area (Å²) in [4.78, 5) is 34.0. The first kappa shape index (κ1) is 15.6. The number of nitrogens with zero attached hydrogens (tertiary/aromatic N) is 2. The molecule has 1 heterocycles. The van der Waals surface area contributed by atoms with Crippen LogP contribution in [-0.4, -0.2) is 17.3 Å². The number of hydrogen-bond donors (Lipinski definition) is 2. The molecular formula is C12H12N4O3S. The first-order valence-electron chi connectivity index (χ1n) is 5.53. The summed E-state index contributed by atoms with van der Waals surface area (Å²) in [5.41, 5.74) is 4.85. The Morgan fingerprint density at radius 3 is 2.50 bits per heavy atom. The highest BCUT2D eigenvalue weighted by molar-refractivity contribution is 8.00. The topological polar surface area (TPSA) is 100.0 Å². The van der Waals surface area contributed by atoms with E-state index in [1.165, 1.54) is 18.4 Å². The van der Waals surface area contributed by atoms with Crippen LogP contribution in [0.5, 0.6) is 0 Å². The molecule has 0 amide bonds. The smallest absolute Gasteiger partial charge is 0.180 e. The minimum atomic E-state index is -0.432. The summed E-state index contributed by atoms with van der Waals surface area (Å²) in [5.74, 6) is -1.04. The molecule has 0 saturated heterocycles. The van der Waals surface area contributed by atoms with Crippen LogP contribution in [0.3, 0.4) is 0 Å². The molecular weight excluding hydrogens is 280 g/mol. The van der Waals surface area contributed by atoms with Crippen LogP contribution in [0.4, 0.5) is 0 Å². The Hall–Kier alpha value is -2.48. The third-order valence-electron chi connectivity index (χ3n) is 1.85. The normalized spacial score (nSPS) is 25.7. The third kappa shape index (κ3) is 7.77. The Bertz CT molecular complexity index is 521. The Morgan fingerprint density at radius 1 is 1.00 bits per heavy atom. The van der Waals surface area contributed by atoms with E-state index >= 15 is 0 Å². The SMILES string of the molecule is O=C1/C=C/NN/N=N/S/C=C\CC(=O)/C=C/C(=O)/C=C/1. The largest absolute Gasteiger partial charge is 0.295 e. The van der Waals surface area contributed by atoms with Crippen LogP contribution in [0.25, 0.3) is 0 Å². The summed E-state index contributed by atoms with van der Waals surface area (Å²) in [5, 5.41) is 5.11. The molecule has 0 radical (unpaired) electrons. The molecule has 0 atom stereocenters. The maximum Gasteiger partial charge on any atom is 0.180 e. The average molecular weight is 292 g/mol. The van der Waals surface area contributed by atoms with Crippen molar-refractivity contribution in [3.63, 3.8) is 0 Å². The number of rotatable bonds is 0. The van der Waals surface area contributed by atoms with E-state index in [-0.39, 0.29) is 18.0 Å². The second-order valence-corrected chi connectivity index (χ2v) is 4.04. The highest BCUT2D eigenvalue weighted by atomic mass is 32.2. The van der Waals surface area contributed by atoms with Gasteiger partial charge in [0, 0.05) is 30.6 Å². The summed E-state index contributed by atoms with van der Waals surface area (Å²) >= 11 is 1.02. The zero-order valence-electron chi connectivity index (χ0n) is 10.4. The van der Waals surface area contributed by atoms with E-state index in [0.717, 1.165) is 30.2 Å². The molecule has 0 aromatic rings. The highest BCUT2D eigenvalue weighted by Gasteiger charge is 1.96. The lowest BCUT2D eigenvalue weighted by Gasteiger charge is -1.93. The molecule has 8 heteroatoms. The second kappa shape index (κ2) is 9.45. The lowest BCUT2D eigenvalue weighted by molar-refractivity contribution is -0.114. The van der Waals surface area contributed by atoms with Crippen molar-refractivity contribution < 1.29 is 14.4 Å². The molecule has 0 aromatic carbocycles. The maximum atomic E-state index is 11.4. The summed E-state index contributed by atoms with van der Waals surface area (Å²) in [6, 6.07) is 0. The van der Waals surface area contributed by atoms with Crippen molar-refractivity contribution in [3.05, 3.63) is 48.1 Å². The van der Waals surface area contributed by atoms with Crippen molar-refractivity contribution in [2.75, 3.05) is 0 Å². The fourth-order valence-corrected chi connectivity index (χ4v) is 1.31. The summed E-state index contributed by atoms with van der Waals surface area (Å²) in [7, 11) is 0. The standard InChI is InChI=1S/C12H12N4O3S/c17-10-2-1-9-20-16-15-14-13-8-7-12(19)6-5-11(18)4-3-10/h1,3-9H,2H2,(H,13,15)(H,14,16)/b4-3+,6-5+,8-7+,9-1-. The van der Waals surface area contributed by atoms with E-state index in [1.807, 2.05) is 0 Å². The van der Waals surface area contributed by atoms with Gasteiger partial charge in [-0.15, -0.1) is 0 Å². The molecule has 104 valence electrons. The Morgan fingerprint density at radius 2 is 1.70 bits per heavy atom. The summed E-state index contributed by atoms with van der Waals surface area (Å²) in [6.07, 6.45) is 8.76. The fourth-order valence-electron chi connectivity index (χ4n) is 0.987. The molecule has 7 nitrogen and oxygen atoms in total. The lowest BCUT2D eigenvalue weighted by Crippen LogP contribution is -2.19. The average Bonchev–Trinajstić information content (AvgIpc) is 2.44. The van der Waals surface area contributed by atoms with Crippen LogP contribution in [-0.2, 0) is 14.4 Å². The predicted molar refractivity (Wildman–Crippen MR) is 74.9 cm³/mol. The minimum absolute atomic E-state index is 0.155. The molecule has 0 spiro atoms. The number of carbonyl (C=O) groups is 3. The van der Waals surface area contributed by atoms with Crippen molar-refractivity contribution in [2.24, 2.45) is 9.74 Å². The number of allylic oxidation sites excluding steroid dienone is 6. The molecule has 0 aromatic heterocycles. The van der Waals surface area contributed by atoms with Crippen molar-refractivity contribution in [1.29, 1.82) is 0 Å². The quantitative estimate of drug-likeness (QED) is 0.654. The van der Waals surface area contributed by atoms with E-state index in [1.54, 1.807) is 11.5 Å². The van der Waals surface area contributed by atoms with Crippen LogP contribution in [0.2, 0.25) is 0 Å². The molecule has 0 fully saturated rings. The van der Waals surface area contributed by atoms with Gasteiger partial charge in [-0.25, -0.2) is 5.53 Å². The van der Waals surface area contributed by atoms with Crippen molar-refractivity contribution >= 4 is 29.3 Å². The van der Waals surface area contributed by atoms with E-state index in [4.69, 9.17) is 0 Å². The third-order valence-corrected chi connectivity index (χ3v) is 2.35. The van der Waals surface area contributed by atoms with E-state index in [0.29, 0.717) is 0 Å². The van der Waals surface area contributed by atoms with Gasteiger partial charge in [0.15, 0.2) is 17.3 Å². The Labute approximate surface area is 119 Å². The Balaban J connectivity index is 2.72. The zero-order chi connectivity index (χ0) is 14.6. The molecule has 2 N–H and O–H groups in total. The maximum absolute atomic E-state index is 11.4. The number of nitrogens with one attached hydrogen (secondary N) is 2. The van der Waals surface area contributed by atoms with Crippen molar-refractivity contribution in [2.45, 2.75) is 6.42 Å². The van der Waals surface area contributed by atoms with Gasteiger partial charge >= 0.3 is 0 Å². The van der Waals surface area contributed by atoms with Gasteiger partial charge in [-0.2, -0.15) is 0 Å². The van der Waals surface area contributed by atoms with Crippen LogP contribution >= 0.6 is 11.9 Å². The van der Waals surface area contributed by atoms with Gasteiger partial charge in [-0.3, -0.25) is 19.8 Å². The van der Waals surface area contributed by atoms with E-state index < -0.39 is 5.78 Å². The minimum Gasteiger partial charge on any atom is -0.295 e. The molecule has 1 aliphatic rings. The van der Waals surface area contributed by atoms with Crippen LogP contribution in [0.1, 0.15) is 6.42 Å². The zero-order valence-corrected chi connectivity index (χ0v) is 11.2. The highest BCUT2D eigenvalue weighted by Crippen LogP contribution is 2.04. The summed E-state index contributed by atoms with van der Waals surface area (Å²) in [6.45, 7) is 0. The number of hydrazine groups is 1. The van der Waals surface area contributed by atoms with Gasteiger partial charge in [0.25, 0.3) is 0 Å². The molecule has 0 unspecified atom stereocenters. The van der Waals surface area contributed by atoms with E-state index in [9.17, 15) is 14.4 Å². The first-order chi connectivity index (χ1) is 9.68. The van der Waals surface area contributed by atoms with Crippen molar-refractivity contribution in [1.82, 2.24) is 11.0 Å². The molecule has 1 aliphatic heterocycles. The number of hydrogen-bond acceptors (Lipinski definition) is 8. The first-order valence-corrected chi connectivity index (χ1v) is 6.37. The fraction of sp³-hybridized carbons (Fsp3) is 0.0833. The van der Waals surface area contributed by atoms with Crippen molar-refractivity contribution in [3.8, 4) is 0 Å². The predicted octanol–water partition coefficient (Wildman–Crippen LogP) is 1.35. The van der Waals surface area contributed by atoms with Gasteiger partial charge in [0.05, 0.1) is 0 Å². The van der Waals surface area contributed by atoms with Gasteiger partial charge in [0.1, 0.15) is 0 Å². The molecule has 0 saturated carbocycles. The Kier molecular flexibility index (Phi) is 7.36. The van der Waals surface area contributed by atoms with Gasteiger partial charge < -0.3 is 0 Å². The molecule has 0 aliphatic carbocycles. The van der Waals surface area contributed by atoms with Crippen LogP contribution in [0, 0.1) is 0 Å². The monoisotopic (exact) mass is 292 g/mol.